The van der Waals surface area contributed by atoms with Crippen LogP contribution in [0.25, 0.3) is 5.57 Å². The van der Waals surface area contributed by atoms with Gasteiger partial charge >= 0.3 is 0 Å². The summed E-state index contributed by atoms with van der Waals surface area (Å²) in [7, 11) is 1.51. The number of ether oxygens (including phenoxy) is 1. The van der Waals surface area contributed by atoms with Gasteiger partial charge in [-0.15, -0.1) is 0 Å². The molecule has 0 atom stereocenters. The molecule has 0 saturated carbocycles. The first-order valence-corrected chi connectivity index (χ1v) is 4.80. The van der Waals surface area contributed by atoms with E-state index in [4.69, 9.17) is 10.5 Å². The van der Waals surface area contributed by atoms with E-state index < -0.39 is 4.92 Å². The first-order valence-electron chi connectivity index (χ1n) is 4.80. The number of benzene rings is 1. The van der Waals surface area contributed by atoms with Crippen LogP contribution in [-0.2, 0) is 0 Å². The van der Waals surface area contributed by atoms with E-state index in [-0.39, 0.29) is 5.69 Å². The number of nitro benzene ring substituents is 1. The fourth-order valence-electron chi connectivity index (χ4n) is 1.39. The van der Waals surface area contributed by atoms with Crippen LogP contribution in [0, 0.1) is 10.1 Å². The molecule has 0 bridgehead atoms. The monoisotopic (exact) mass is 222 g/mol. The summed E-state index contributed by atoms with van der Waals surface area (Å²) < 4.78 is 5.12. The molecule has 0 aliphatic heterocycles. The lowest BCUT2D eigenvalue weighted by Gasteiger charge is -2.09. The summed E-state index contributed by atoms with van der Waals surface area (Å²) >= 11 is 0. The summed E-state index contributed by atoms with van der Waals surface area (Å²) in [6.07, 6.45) is 0.581. The maximum Gasteiger partial charge on any atom is 0.270 e. The highest BCUT2D eigenvalue weighted by molar-refractivity contribution is 5.71. The van der Waals surface area contributed by atoms with Gasteiger partial charge < -0.3 is 10.5 Å². The van der Waals surface area contributed by atoms with Gasteiger partial charge in [0.15, 0.2) is 0 Å². The van der Waals surface area contributed by atoms with Crippen LogP contribution >= 0.6 is 0 Å². The molecular weight excluding hydrogens is 208 g/mol. The van der Waals surface area contributed by atoms with E-state index in [2.05, 4.69) is 6.58 Å². The second kappa shape index (κ2) is 5.27. The van der Waals surface area contributed by atoms with Crippen molar-refractivity contribution in [3.8, 4) is 5.75 Å². The van der Waals surface area contributed by atoms with Gasteiger partial charge in [-0.2, -0.15) is 0 Å². The highest BCUT2D eigenvalue weighted by Crippen LogP contribution is 2.30. The van der Waals surface area contributed by atoms with Crippen molar-refractivity contribution in [2.45, 2.75) is 6.42 Å². The summed E-state index contributed by atoms with van der Waals surface area (Å²) in [5.41, 5.74) is 6.82. The van der Waals surface area contributed by atoms with Gasteiger partial charge in [-0.05, 0) is 24.6 Å². The lowest BCUT2D eigenvalue weighted by Crippen LogP contribution is -2.01. The molecule has 1 rings (SSSR count). The lowest BCUT2D eigenvalue weighted by molar-refractivity contribution is -0.384. The lowest BCUT2D eigenvalue weighted by atomic mass is 10.0. The van der Waals surface area contributed by atoms with Crippen LogP contribution in [0.5, 0.6) is 5.75 Å². The van der Waals surface area contributed by atoms with Gasteiger partial charge in [0.05, 0.1) is 12.0 Å². The second-order valence-corrected chi connectivity index (χ2v) is 3.28. The third kappa shape index (κ3) is 2.58. The third-order valence-corrected chi connectivity index (χ3v) is 2.22. The molecule has 0 aromatic heterocycles. The van der Waals surface area contributed by atoms with E-state index in [1.165, 1.54) is 19.2 Å². The van der Waals surface area contributed by atoms with Crippen molar-refractivity contribution in [3.05, 3.63) is 40.5 Å². The molecule has 0 heterocycles. The minimum Gasteiger partial charge on any atom is -0.496 e. The minimum absolute atomic E-state index is 0.0222. The molecule has 5 heteroatoms. The summed E-state index contributed by atoms with van der Waals surface area (Å²) in [6.45, 7) is 4.29. The van der Waals surface area contributed by atoms with Crippen LogP contribution in [0.1, 0.15) is 12.0 Å². The van der Waals surface area contributed by atoms with Gasteiger partial charge in [-0.25, -0.2) is 0 Å². The summed E-state index contributed by atoms with van der Waals surface area (Å²) in [5.74, 6) is 0.573. The average Bonchev–Trinajstić information content (AvgIpc) is 2.28. The molecule has 5 nitrogen and oxygen atoms in total. The molecule has 0 unspecified atom stereocenters. The van der Waals surface area contributed by atoms with Crippen LogP contribution in [0.3, 0.4) is 0 Å². The molecule has 16 heavy (non-hydrogen) atoms. The number of hydrogen-bond acceptors (Lipinski definition) is 4. The van der Waals surface area contributed by atoms with Gasteiger partial charge in [0, 0.05) is 17.7 Å². The van der Waals surface area contributed by atoms with E-state index in [1.54, 1.807) is 6.07 Å². The maximum atomic E-state index is 10.6. The predicted molar refractivity (Wildman–Crippen MR) is 62.4 cm³/mol. The van der Waals surface area contributed by atoms with Gasteiger partial charge in [0.25, 0.3) is 5.69 Å². The van der Waals surface area contributed by atoms with Gasteiger partial charge in [0.2, 0.25) is 0 Å². The van der Waals surface area contributed by atoms with E-state index >= 15 is 0 Å². The molecule has 1 aromatic carbocycles. The zero-order chi connectivity index (χ0) is 12.1. The smallest absolute Gasteiger partial charge is 0.270 e. The normalized spacial score (nSPS) is 9.88. The van der Waals surface area contributed by atoms with Gasteiger partial charge in [0.1, 0.15) is 5.75 Å². The molecule has 86 valence electrons. The molecule has 0 aliphatic rings. The van der Waals surface area contributed by atoms with Crippen LogP contribution in [-0.4, -0.2) is 18.6 Å². The number of nitrogens with zero attached hydrogens (tertiary/aromatic N) is 1. The summed E-state index contributed by atoms with van der Waals surface area (Å²) in [5, 5.41) is 10.6. The molecule has 0 amide bonds. The Kier molecular flexibility index (Phi) is 4.02. The van der Waals surface area contributed by atoms with E-state index in [0.717, 1.165) is 5.57 Å². The Labute approximate surface area is 93.7 Å². The van der Waals surface area contributed by atoms with E-state index in [9.17, 15) is 10.1 Å². The quantitative estimate of drug-likeness (QED) is 0.610. The zero-order valence-electron chi connectivity index (χ0n) is 9.10. The van der Waals surface area contributed by atoms with Crippen molar-refractivity contribution in [1.29, 1.82) is 0 Å². The minimum atomic E-state index is -0.446. The molecule has 1 aromatic rings. The van der Waals surface area contributed by atoms with Crippen molar-refractivity contribution >= 4 is 11.3 Å². The van der Waals surface area contributed by atoms with Crippen LogP contribution < -0.4 is 10.5 Å². The predicted octanol–water partition coefficient (Wildman–Crippen LogP) is 1.97. The molecule has 0 radical (unpaired) electrons. The Hall–Kier alpha value is -1.88. The van der Waals surface area contributed by atoms with Crippen molar-refractivity contribution in [2.24, 2.45) is 5.73 Å². The number of methoxy groups -OCH3 is 1. The largest absolute Gasteiger partial charge is 0.496 e. The van der Waals surface area contributed by atoms with Crippen molar-refractivity contribution in [3.63, 3.8) is 0 Å². The Bertz CT molecular complexity index is 416. The highest BCUT2D eigenvalue weighted by atomic mass is 16.6. The fraction of sp³-hybridized carbons (Fsp3) is 0.273. The molecule has 2 N–H and O–H groups in total. The summed E-state index contributed by atoms with van der Waals surface area (Å²) in [4.78, 5) is 10.2. The topological polar surface area (TPSA) is 78.4 Å². The highest BCUT2D eigenvalue weighted by Gasteiger charge is 2.12. The van der Waals surface area contributed by atoms with Crippen LogP contribution in [0.15, 0.2) is 24.8 Å². The Balaban J connectivity index is 3.16. The van der Waals surface area contributed by atoms with E-state index in [1.807, 2.05) is 0 Å². The molecule has 0 fully saturated rings. The first kappa shape index (κ1) is 12.2. The molecular formula is C11H14N2O3. The maximum absolute atomic E-state index is 10.6. The first-order chi connectivity index (χ1) is 7.60. The van der Waals surface area contributed by atoms with Gasteiger partial charge in [-0.1, -0.05) is 6.58 Å². The number of nitrogens with two attached hydrogens (primary N) is 1. The van der Waals surface area contributed by atoms with E-state index in [0.29, 0.717) is 24.3 Å². The number of nitro groups is 1. The van der Waals surface area contributed by atoms with Crippen molar-refractivity contribution < 1.29 is 9.66 Å². The number of non-ortho nitro benzene ring substituents is 1. The Morgan fingerprint density at radius 3 is 2.81 bits per heavy atom. The van der Waals surface area contributed by atoms with Crippen LogP contribution in [0.4, 0.5) is 5.69 Å². The SMILES string of the molecule is C=C(CCN)c1cc([N+](=O)[O-])ccc1OC. The van der Waals surface area contributed by atoms with Gasteiger partial charge in [-0.3, -0.25) is 10.1 Å². The summed E-state index contributed by atoms with van der Waals surface area (Å²) in [6, 6.07) is 4.42. The molecule has 0 spiro atoms. The Morgan fingerprint density at radius 2 is 2.31 bits per heavy atom. The second-order valence-electron chi connectivity index (χ2n) is 3.28. The molecule has 0 aliphatic carbocycles. The number of hydrogen-bond donors (Lipinski definition) is 1. The number of rotatable bonds is 5. The van der Waals surface area contributed by atoms with Crippen molar-refractivity contribution in [1.82, 2.24) is 0 Å². The van der Waals surface area contributed by atoms with Crippen molar-refractivity contribution in [2.75, 3.05) is 13.7 Å². The molecule has 0 saturated heterocycles. The average molecular weight is 222 g/mol. The third-order valence-electron chi connectivity index (χ3n) is 2.22. The zero-order valence-corrected chi connectivity index (χ0v) is 9.10. The standard InChI is InChI=1S/C11H14N2O3/c1-8(5-6-12)10-7-9(13(14)15)3-4-11(10)16-2/h3-4,7H,1,5-6,12H2,2H3. The van der Waals surface area contributed by atoms with Crippen LogP contribution in [0.2, 0.25) is 0 Å². The Morgan fingerprint density at radius 1 is 1.62 bits per heavy atom. The fourth-order valence-corrected chi connectivity index (χ4v) is 1.39.